The van der Waals surface area contributed by atoms with E-state index in [2.05, 4.69) is 10.3 Å². The molecule has 0 aliphatic carbocycles. The lowest BCUT2D eigenvalue weighted by Crippen LogP contribution is -2.39. The van der Waals surface area contributed by atoms with Gasteiger partial charge < -0.3 is 20.1 Å². The van der Waals surface area contributed by atoms with Crippen LogP contribution in [0.2, 0.25) is 0 Å². The molecule has 2 N–H and O–H groups in total. The van der Waals surface area contributed by atoms with E-state index in [0.29, 0.717) is 11.6 Å². The molecule has 132 valence electrons. The third kappa shape index (κ3) is 4.06. The molecular formula is C14H16F3N3O4. The molecule has 2 amide bonds. The molecule has 0 aromatic carbocycles. The molecule has 0 spiro atoms. The summed E-state index contributed by atoms with van der Waals surface area (Å²) in [7, 11) is 1.43. The van der Waals surface area contributed by atoms with E-state index in [-0.39, 0.29) is 6.54 Å². The molecule has 24 heavy (non-hydrogen) atoms. The summed E-state index contributed by atoms with van der Waals surface area (Å²) in [5.41, 5.74) is 0.462. The van der Waals surface area contributed by atoms with Crippen LogP contribution >= 0.6 is 0 Å². The molecule has 1 aliphatic heterocycles. The van der Waals surface area contributed by atoms with E-state index >= 15 is 0 Å². The first-order valence-electron chi connectivity index (χ1n) is 7.04. The van der Waals surface area contributed by atoms with Gasteiger partial charge in [-0.2, -0.15) is 13.2 Å². The number of halogens is 3. The van der Waals surface area contributed by atoms with Gasteiger partial charge in [0, 0.05) is 19.2 Å². The van der Waals surface area contributed by atoms with Crippen LogP contribution in [0.15, 0.2) is 18.2 Å². The number of carbonyl (C=O) groups excluding carboxylic acids is 1. The fraction of sp³-hybridized carbons (Fsp3) is 0.500. The first kappa shape index (κ1) is 17.8. The van der Waals surface area contributed by atoms with Crippen molar-refractivity contribution in [3.63, 3.8) is 0 Å². The molecule has 0 saturated carbocycles. The minimum atomic E-state index is -4.67. The third-order valence-corrected chi connectivity index (χ3v) is 3.76. The molecule has 1 aromatic rings. The van der Waals surface area contributed by atoms with Crippen LogP contribution in [0, 0.1) is 11.8 Å². The molecule has 10 heteroatoms. The molecular weight excluding hydrogens is 331 g/mol. The van der Waals surface area contributed by atoms with Gasteiger partial charge in [-0.05, 0) is 6.07 Å². The first-order chi connectivity index (χ1) is 11.2. The Morgan fingerprint density at radius 1 is 1.42 bits per heavy atom. The van der Waals surface area contributed by atoms with Gasteiger partial charge in [-0.15, -0.1) is 0 Å². The second-order valence-electron chi connectivity index (χ2n) is 5.33. The third-order valence-electron chi connectivity index (χ3n) is 3.76. The number of nitrogens with one attached hydrogen (secondary N) is 1. The van der Waals surface area contributed by atoms with E-state index < -0.39 is 43.1 Å². The predicted octanol–water partition coefficient (Wildman–Crippen LogP) is 1.49. The number of carboxylic acids is 1. The van der Waals surface area contributed by atoms with Crippen molar-refractivity contribution in [2.75, 3.05) is 20.2 Å². The minimum Gasteiger partial charge on any atom is -0.481 e. The highest BCUT2D eigenvalue weighted by Gasteiger charge is 2.53. The number of amides is 2. The van der Waals surface area contributed by atoms with E-state index in [4.69, 9.17) is 9.84 Å². The molecule has 2 atom stereocenters. The van der Waals surface area contributed by atoms with E-state index in [1.807, 2.05) is 0 Å². The highest BCUT2D eigenvalue weighted by Crippen LogP contribution is 2.37. The van der Waals surface area contributed by atoms with Crippen LogP contribution in [0.3, 0.4) is 0 Å². The van der Waals surface area contributed by atoms with E-state index in [1.54, 1.807) is 18.2 Å². The predicted molar refractivity (Wildman–Crippen MR) is 75.3 cm³/mol. The van der Waals surface area contributed by atoms with Gasteiger partial charge >= 0.3 is 18.2 Å². The smallest absolute Gasteiger partial charge is 0.394 e. The second-order valence-corrected chi connectivity index (χ2v) is 5.33. The van der Waals surface area contributed by atoms with Crippen LogP contribution in [0.5, 0.6) is 5.88 Å². The second kappa shape index (κ2) is 6.93. The number of nitrogens with zero attached hydrogens (tertiary/aromatic N) is 2. The summed E-state index contributed by atoms with van der Waals surface area (Å²) in [5.74, 6) is -4.96. The number of hydrogen-bond donors (Lipinski definition) is 2. The maximum atomic E-state index is 12.9. The van der Waals surface area contributed by atoms with Crippen molar-refractivity contribution >= 4 is 12.0 Å². The summed E-state index contributed by atoms with van der Waals surface area (Å²) < 4.78 is 43.6. The number of likely N-dealkylation sites (tertiary alicyclic amines) is 1. The van der Waals surface area contributed by atoms with Crippen molar-refractivity contribution in [1.82, 2.24) is 15.2 Å². The fourth-order valence-electron chi connectivity index (χ4n) is 2.50. The Kier molecular flexibility index (Phi) is 5.15. The van der Waals surface area contributed by atoms with Gasteiger partial charge in [0.15, 0.2) is 0 Å². The molecule has 0 unspecified atom stereocenters. The normalized spacial score (nSPS) is 20.8. The average molecular weight is 347 g/mol. The number of pyridine rings is 1. The number of methoxy groups -OCH3 is 1. The summed E-state index contributed by atoms with van der Waals surface area (Å²) in [5, 5.41) is 11.4. The van der Waals surface area contributed by atoms with Crippen molar-refractivity contribution in [2.24, 2.45) is 11.8 Å². The molecule has 1 fully saturated rings. The monoisotopic (exact) mass is 347 g/mol. The van der Waals surface area contributed by atoms with Crippen LogP contribution in [-0.4, -0.2) is 53.4 Å². The highest BCUT2D eigenvalue weighted by atomic mass is 19.4. The SMILES string of the molecule is COc1cccc(CNC(=O)N2C[C@@H](C(F)(F)F)[C@H](C(=O)O)C2)n1. The van der Waals surface area contributed by atoms with Crippen LogP contribution < -0.4 is 10.1 Å². The number of aromatic nitrogens is 1. The Hall–Kier alpha value is -2.52. The molecule has 0 radical (unpaired) electrons. The van der Waals surface area contributed by atoms with E-state index in [9.17, 15) is 22.8 Å². The van der Waals surface area contributed by atoms with Crippen LogP contribution in [-0.2, 0) is 11.3 Å². The van der Waals surface area contributed by atoms with Crippen LogP contribution in [0.25, 0.3) is 0 Å². The lowest BCUT2D eigenvalue weighted by atomic mass is 9.96. The zero-order valence-electron chi connectivity index (χ0n) is 12.7. The van der Waals surface area contributed by atoms with Crippen molar-refractivity contribution in [3.05, 3.63) is 23.9 Å². The Labute approximate surface area is 135 Å². The van der Waals surface area contributed by atoms with Gasteiger partial charge in [-0.1, -0.05) is 6.07 Å². The molecule has 2 heterocycles. The van der Waals surface area contributed by atoms with Crippen LogP contribution in [0.4, 0.5) is 18.0 Å². The summed E-state index contributed by atoms with van der Waals surface area (Å²) in [6, 6.07) is 4.11. The molecule has 2 rings (SSSR count). The van der Waals surface area contributed by atoms with Gasteiger partial charge in [0.2, 0.25) is 5.88 Å². The summed E-state index contributed by atoms with van der Waals surface area (Å²) in [6.45, 7) is -1.18. The van der Waals surface area contributed by atoms with Crippen molar-refractivity contribution in [1.29, 1.82) is 0 Å². The molecule has 0 bridgehead atoms. The Balaban J connectivity index is 1.98. The van der Waals surface area contributed by atoms with Gasteiger partial charge in [0.1, 0.15) is 0 Å². The fourth-order valence-corrected chi connectivity index (χ4v) is 2.50. The Bertz CT molecular complexity index is 624. The molecule has 1 aliphatic rings. The number of urea groups is 1. The number of aliphatic carboxylic acids is 1. The quantitative estimate of drug-likeness (QED) is 0.861. The lowest BCUT2D eigenvalue weighted by molar-refractivity contribution is -0.187. The average Bonchev–Trinajstić information content (AvgIpc) is 2.98. The Morgan fingerprint density at radius 3 is 2.67 bits per heavy atom. The zero-order valence-corrected chi connectivity index (χ0v) is 12.7. The molecule has 1 saturated heterocycles. The highest BCUT2D eigenvalue weighted by molar-refractivity contribution is 5.77. The standard InChI is InChI=1S/C14H16F3N3O4/c1-24-11-4-2-3-8(19-11)5-18-13(23)20-6-9(12(21)22)10(7-20)14(15,16)17/h2-4,9-10H,5-7H2,1H3,(H,18,23)(H,21,22)/t9-,10-/m1/s1. The number of carboxylic acid groups (broad SMARTS) is 1. The largest absolute Gasteiger partial charge is 0.481 e. The maximum absolute atomic E-state index is 12.9. The van der Waals surface area contributed by atoms with Crippen molar-refractivity contribution in [3.8, 4) is 5.88 Å². The zero-order chi connectivity index (χ0) is 17.9. The van der Waals surface area contributed by atoms with E-state index in [0.717, 1.165) is 4.90 Å². The maximum Gasteiger partial charge on any atom is 0.394 e. The Morgan fingerprint density at radius 2 is 2.12 bits per heavy atom. The lowest BCUT2D eigenvalue weighted by Gasteiger charge is -2.18. The number of alkyl halides is 3. The summed E-state index contributed by atoms with van der Waals surface area (Å²) >= 11 is 0. The topological polar surface area (TPSA) is 91.8 Å². The van der Waals surface area contributed by atoms with Crippen molar-refractivity contribution in [2.45, 2.75) is 12.7 Å². The van der Waals surface area contributed by atoms with Gasteiger partial charge in [-0.25, -0.2) is 9.78 Å². The van der Waals surface area contributed by atoms with Gasteiger partial charge in [0.25, 0.3) is 0 Å². The first-order valence-corrected chi connectivity index (χ1v) is 7.04. The number of ether oxygens (including phenoxy) is 1. The number of hydrogen-bond acceptors (Lipinski definition) is 4. The van der Waals surface area contributed by atoms with Crippen molar-refractivity contribution < 1.29 is 32.6 Å². The van der Waals surface area contributed by atoms with Crippen LogP contribution in [0.1, 0.15) is 5.69 Å². The molecule has 1 aromatic heterocycles. The minimum absolute atomic E-state index is 0.0129. The number of rotatable bonds is 4. The molecule has 7 nitrogen and oxygen atoms in total. The number of carbonyl (C=O) groups is 2. The summed E-state index contributed by atoms with van der Waals surface area (Å²) in [6.07, 6.45) is -4.67. The van der Waals surface area contributed by atoms with E-state index in [1.165, 1.54) is 7.11 Å². The summed E-state index contributed by atoms with van der Waals surface area (Å²) in [4.78, 5) is 27.9. The van der Waals surface area contributed by atoms with Gasteiger partial charge in [0.05, 0.1) is 31.2 Å². The van der Waals surface area contributed by atoms with Gasteiger partial charge in [-0.3, -0.25) is 4.79 Å².